The van der Waals surface area contributed by atoms with Crippen molar-refractivity contribution < 1.29 is 22.0 Å². The third kappa shape index (κ3) is 7.01. The second-order valence-corrected chi connectivity index (χ2v) is 10.9. The molecule has 2 N–H and O–H groups in total. The van der Waals surface area contributed by atoms with Gasteiger partial charge in [0.15, 0.2) is 5.76 Å². The zero-order chi connectivity index (χ0) is 24.9. The quantitative estimate of drug-likeness (QED) is 0.410. The zero-order valence-corrected chi connectivity index (χ0v) is 20.7. The fourth-order valence-corrected chi connectivity index (χ4v) is 4.80. The van der Waals surface area contributed by atoms with E-state index in [9.17, 15) is 17.6 Å². The molecule has 0 aliphatic heterocycles. The summed E-state index contributed by atoms with van der Waals surface area (Å²) < 4.78 is 45.9. The van der Waals surface area contributed by atoms with E-state index in [1.807, 2.05) is 12.1 Å². The van der Waals surface area contributed by atoms with Gasteiger partial charge < -0.3 is 9.32 Å². The molecule has 10 heteroatoms. The highest BCUT2D eigenvalue weighted by Gasteiger charge is 2.26. The molecule has 2 heterocycles. The fraction of sp³-hybridized carbons (Fsp3) is 0.417. The van der Waals surface area contributed by atoms with Crippen LogP contribution in [0.1, 0.15) is 56.3 Å². The molecule has 184 valence electrons. The number of halogens is 1. The van der Waals surface area contributed by atoms with E-state index in [0.29, 0.717) is 12.2 Å². The number of sulfonamides is 1. The molecule has 0 saturated carbocycles. The first-order chi connectivity index (χ1) is 15.9. The summed E-state index contributed by atoms with van der Waals surface area (Å²) in [5, 5.41) is 6.95. The first-order valence-corrected chi connectivity index (χ1v) is 12.6. The normalized spacial score (nSPS) is 12.1. The predicted octanol–water partition coefficient (Wildman–Crippen LogP) is 4.37. The van der Waals surface area contributed by atoms with E-state index in [1.54, 1.807) is 33.9 Å². The van der Waals surface area contributed by atoms with Crippen LogP contribution in [0.4, 0.5) is 4.39 Å². The number of nitrogens with one attached hydrogen (secondary N) is 2. The first kappa shape index (κ1) is 25.6. The van der Waals surface area contributed by atoms with Gasteiger partial charge in [0.1, 0.15) is 5.82 Å². The lowest BCUT2D eigenvalue weighted by molar-refractivity contribution is 0.0755. The van der Waals surface area contributed by atoms with Crippen LogP contribution in [0.15, 0.2) is 52.0 Å². The van der Waals surface area contributed by atoms with Gasteiger partial charge in [-0.1, -0.05) is 18.6 Å². The van der Waals surface area contributed by atoms with Gasteiger partial charge in [-0.15, -0.1) is 0 Å². The zero-order valence-electron chi connectivity index (χ0n) is 19.9. The maximum absolute atomic E-state index is 13.4. The number of H-pyrrole nitrogens is 1. The molecule has 2 aromatic heterocycles. The molecule has 0 aliphatic rings. The van der Waals surface area contributed by atoms with Gasteiger partial charge in [0, 0.05) is 30.4 Å². The lowest BCUT2D eigenvalue weighted by Crippen LogP contribution is -2.40. The number of carbonyl (C=O) groups excluding carboxylic acids is 1. The Bertz CT molecular complexity index is 1230. The van der Waals surface area contributed by atoms with Gasteiger partial charge in [-0.05, 0) is 70.4 Å². The number of hydrogen-bond donors (Lipinski definition) is 2. The number of carbonyl (C=O) groups is 1. The van der Waals surface area contributed by atoms with Crippen LogP contribution < -0.4 is 4.72 Å². The Morgan fingerprint density at radius 2 is 1.91 bits per heavy atom. The van der Waals surface area contributed by atoms with Crippen molar-refractivity contribution in [1.82, 2.24) is 19.8 Å². The summed E-state index contributed by atoms with van der Waals surface area (Å²) in [6.07, 6.45) is 3.36. The number of aryl methyl sites for hydroxylation is 1. The van der Waals surface area contributed by atoms with E-state index < -0.39 is 15.6 Å². The van der Waals surface area contributed by atoms with Crippen molar-refractivity contribution in [1.29, 1.82) is 0 Å². The van der Waals surface area contributed by atoms with Gasteiger partial charge in [-0.2, -0.15) is 5.10 Å². The molecule has 0 radical (unpaired) electrons. The number of furan rings is 1. The van der Waals surface area contributed by atoms with Crippen molar-refractivity contribution in [2.75, 3.05) is 13.6 Å². The summed E-state index contributed by atoms with van der Waals surface area (Å²) in [5.41, 5.74) is 1.74. The van der Waals surface area contributed by atoms with E-state index in [1.165, 1.54) is 29.2 Å². The summed E-state index contributed by atoms with van der Waals surface area (Å²) in [7, 11) is -2.18. The number of amides is 1. The molecule has 0 aliphatic carbocycles. The van der Waals surface area contributed by atoms with Crippen molar-refractivity contribution in [3.63, 3.8) is 0 Å². The Kier molecular flexibility index (Phi) is 7.93. The number of rotatable bonds is 10. The Morgan fingerprint density at radius 1 is 1.15 bits per heavy atom. The fourth-order valence-electron chi connectivity index (χ4n) is 3.45. The number of nitrogens with zero attached hydrogens (tertiary/aromatic N) is 2. The van der Waals surface area contributed by atoms with Crippen LogP contribution in [0.25, 0.3) is 11.3 Å². The molecule has 0 spiro atoms. The second kappa shape index (κ2) is 10.5. The van der Waals surface area contributed by atoms with Gasteiger partial charge in [0.2, 0.25) is 5.09 Å². The molecular formula is C24H31FN4O4S. The monoisotopic (exact) mass is 490 g/mol. The van der Waals surface area contributed by atoms with Gasteiger partial charge in [0.05, 0.1) is 5.69 Å². The smallest absolute Gasteiger partial charge is 0.289 e. The highest BCUT2D eigenvalue weighted by molar-refractivity contribution is 7.89. The van der Waals surface area contributed by atoms with Crippen LogP contribution in [0.2, 0.25) is 0 Å². The Morgan fingerprint density at radius 3 is 2.62 bits per heavy atom. The molecule has 34 heavy (non-hydrogen) atoms. The molecule has 0 atom stereocenters. The van der Waals surface area contributed by atoms with Crippen LogP contribution >= 0.6 is 0 Å². The Balaban J connectivity index is 1.44. The van der Waals surface area contributed by atoms with Gasteiger partial charge >= 0.3 is 0 Å². The van der Waals surface area contributed by atoms with E-state index in [0.717, 1.165) is 36.9 Å². The molecular weight excluding hydrogens is 459 g/mol. The minimum Gasteiger partial charge on any atom is -0.438 e. The number of benzene rings is 1. The molecule has 8 nitrogen and oxygen atoms in total. The molecule has 0 unspecified atom stereocenters. The maximum atomic E-state index is 13.4. The SMILES string of the molecule is CN(CCCCCc1cc(-c2cccc(F)c2)n[nH]1)C(=O)c1ccc(S(=O)(=O)NC(C)(C)C)o1. The average Bonchev–Trinajstić information content (AvgIpc) is 3.41. The van der Waals surface area contributed by atoms with Crippen molar-refractivity contribution in [3.05, 3.63) is 59.7 Å². The topological polar surface area (TPSA) is 108 Å². The largest absolute Gasteiger partial charge is 0.438 e. The third-order valence-electron chi connectivity index (χ3n) is 5.04. The third-order valence-corrected chi connectivity index (χ3v) is 6.67. The number of aromatic nitrogens is 2. The number of unbranched alkanes of at least 4 members (excludes halogenated alkanes) is 2. The van der Waals surface area contributed by atoms with E-state index in [4.69, 9.17) is 4.42 Å². The molecule has 1 amide bonds. The number of aromatic amines is 1. The molecule has 3 rings (SSSR count). The number of hydrogen-bond acceptors (Lipinski definition) is 5. The summed E-state index contributed by atoms with van der Waals surface area (Å²) in [5.74, 6) is -0.681. The minimum absolute atomic E-state index is 0.0147. The molecule has 1 aromatic carbocycles. The van der Waals surface area contributed by atoms with Crippen LogP contribution in [-0.4, -0.2) is 48.6 Å². The van der Waals surface area contributed by atoms with E-state index >= 15 is 0 Å². The maximum Gasteiger partial charge on any atom is 0.289 e. The molecule has 0 fully saturated rings. The van der Waals surface area contributed by atoms with Crippen molar-refractivity contribution in [3.8, 4) is 11.3 Å². The summed E-state index contributed by atoms with van der Waals surface area (Å²) in [6.45, 7) is 5.69. The van der Waals surface area contributed by atoms with Gasteiger partial charge in [-0.25, -0.2) is 17.5 Å². The Labute approximate surface area is 199 Å². The Hall–Kier alpha value is -2.98. The van der Waals surface area contributed by atoms with Crippen molar-refractivity contribution in [2.24, 2.45) is 0 Å². The minimum atomic E-state index is -3.84. The van der Waals surface area contributed by atoms with Crippen molar-refractivity contribution in [2.45, 2.75) is 57.1 Å². The molecule has 0 saturated heterocycles. The van der Waals surface area contributed by atoms with Crippen LogP contribution in [-0.2, 0) is 16.4 Å². The summed E-state index contributed by atoms with van der Waals surface area (Å²) >= 11 is 0. The predicted molar refractivity (Wildman–Crippen MR) is 127 cm³/mol. The van der Waals surface area contributed by atoms with Crippen molar-refractivity contribution >= 4 is 15.9 Å². The van der Waals surface area contributed by atoms with Gasteiger partial charge in [-0.3, -0.25) is 9.89 Å². The highest BCUT2D eigenvalue weighted by Crippen LogP contribution is 2.20. The summed E-state index contributed by atoms with van der Waals surface area (Å²) in [6, 6.07) is 10.9. The standard InChI is InChI=1S/C24H31FN4O4S/c1-24(2,3)28-34(31,32)22-13-12-21(33-22)23(30)29(4)14-7-5-6-11-19-16-20(27-26-19)17-9-8-10-18(25)15-17/h8-10,12-13,15-16,28H,5-7,11,14H2,1-4H3,(H,26,27). The van der Waals surface area contributed by atoms with Crippen LogP contribution in [0.3, 0.4) is 0 Å². The molecule has 0 bridgehead atoms. The average molecular weight is 491 g/mol. The van der Waals surface area contributed by atoms with E-state index in [2.05, 4.69) is 14.9 Å². The second-order valence-electron chi connectivity index (χ2n) is 9.30. The lowest BCUT2D eigenvalue weighted by atomic mass is 10.1. The van der Waals surface area contributed by atoms with E-state index in [-0.39, 0.29) is 22.6 Å². The molecule has 3 aromatic rings. The first-order valence-electron chi connectivity index (χ1n) is 11.1. The highest BCUT2D eigenvalue weighted by atomic mass is 32.2. The summed E-state index contributed by atoms with van der Waals surface area (Å²) in [4.78, 5) is 14.1. The van der Waals surface area contributed by atoms with Crippen LogP contribution in [0, 0.1) is 5.82 Å². The van der Waals surface area contributed by atoms with Gasteiger partial charge in [0.25, 0.3) is 15.9 Å². The van der Waals surface area contributed by atoms with Crippen LogP contribution in [0.5, 0.6) is 0 Å². The lowest BCUT2D eigenvalue weighted by Gasteiger charge is -2.19.